The van der Waals surface area contributed by atoms with E-state index in [1.807, 2.05) is 56.7 Å². The molecule has 2 N–H and O–H groups in total. The number of aryl methyl sites for hydroxylation is 1. The highest BCUT2D eigenvalue weighted by molar-refractivity contribution is 6.32. The first kappa shape index (κ1) is 26.5. The van der Waals surface area contributed by atoms with Crippen LogP contribution in [-0.2, 0) is 11.8 Å². The summed E-state index contributed by atoms with van der Waals surface area (Å²) in [4.78, 5) is 20.6. The highest BCUT2D eigenvalue weighted by Gasteiger charge is 2.15. The molecule has 0 atom stereocenters. The van der Waals surface area contributed by atoms with Gasteiger partial charge in [0.05, 0.1) is 22.2 Å². The summed E-state index contributed by atoms with van der Waals surface area (Å²) >= 11 is 6.49. The quantitative estimate of drug-likeness (QED) is 0.278. The molecular formula is C28H27ClN6O3. The molecule has 0 unspecified atom stereocenters. The standard InChI is InChI=1S/C28H27ClN6O3/c1-28(2,3)38-27(36)31-12-6-8-20-15-23-25(35(20)4)26(33-17-32-23)34-19-10-11-24(22(29)14-19)37-21-9-5-7-18(13-21)16-30/h5-11,13-15,17H,12H2,1-4H3,(H,31,36)(H,32,33,34)/b8-6+. The fraction of sp³-hybridized carbons (Fsp3) is 0.214. The van der Waals surface area contributed by atoms with Crippen LogP contribution in [0.2, 0.25) is 5.02 Å². The number of nitriles is 1. The Bertz CT molecular complexity index is 1550. The molecule has 0 aliphatic carbocycles. The lowest BCUT2D eigenvalue weighted by Gasteiger charge is -2.19. The number of alkyl carbamates (subject to hydrolysis) is 1. The normalized spacial score (nSPS) is 11.4. The minimum absolute atomic E-state index is 0.320. The van der Waals surface area contributed by atoms with Gasteiger partial charge in [0.1, 0.15) is 28.9 Å². The van der Waals surface area contributed by atoms with E-state index in [9.17, 15) is 4.79 Å². The van der Waals surface area contributed by atoms with Crippen molar-refractivity contribution in [2.75, 3.05) is 11.9 Å². The van der Waals surface area contributed by atoms with Gasteiger partial charge in [-0.15, -0.1) is 0 Å². The molecule has 194 valence electrons. The molecule has 0 aliphatic heterocycles. The van der Waals surface area contributed by atoms with E-state index in [0.717, 1.165) is 16.7 Å². The van der Waals surface area contributed by atoms with Crippen LogP contribution in [0.5, 0.6) is 11.5 Å². The largest absolute Gasteiger partial charge is 0.456 e. The van der Waals surface area contributed by atoms with E-state index in [2.05, 4.69) is 26.7 Å². The topological polar surface area (TPSA) is 114 Å². The number of nitrogens with zero attached hydrogens (tertiary/aromatic N) is 4. The van der Waals surface area contributed by atoms with Crippen LogP contribution >= 0.6 is 11.6 Å². The Morgan fingerprint density at radius 2 is 2.00 bits per heavy atom. The maximum absolute atomic E-state index is 11.8. The van der Waals surface area contributed by atoms with E-state index >= 15 is 0 Å². The fourth-order valence-corrected chi connectivity index (χ4v) is 3.86. The average Bonchev–Trinajstić information content (AvgIpc) is 3.19. The molecule has 38 heavy (non-hydrogen) atoms. The molecule has 0 bridgehead atoms. The Morgan fingerprint density at radius 1 is 1.18 bits per heavy atom. The first-order valence-corrected chi connectivity index (χ1v) is 12.2. The Kier molecular flexibility index (Phi) is 7.84. The van der Waals surface area contributed by atoms with Crippen molar-refractivity contribution in [3.63, 3.8) is 0 Å². The lowest BCUT2D eigenvalue weighted by Crippen LogP contribution is -2.32. The van der Waals surface area contributed by atoms with Crippen molar-refractivity contribution in [1.82, 2.24) is 19.9 Å². The molecule has 4 rings (SSSR count). The van der Waals surface area contributed by atoms with Crippen molar-refractivity contribution in [2.24, 2.45) is 7.05 Å². The van der Waals surface area contributed by atoms with Crippen LogP contribution in [0, 0.1) is 11.3 Å². The van der Waals surface area contributed by atoms with Crippen LogP contribution in [0.1, 0.15) is 32.0 Å². The number of aromatic nitrogens is 3. The predicted molar refractivity (Wildman–Crippen MR) is 148 cm³/mol. The second-order valence-corrected chi connectivity index (χ2v) is 9.79. The van der Waals surface area contributed by atoms with Crippen LogP contribution in [0.4, 0.5) is 16.3 Å². The van der Waals surface area contributed by atoms with Crippen LogP contribution < -0.4 is 15.4 Å². The van der Waals surface area contributed by atoms with E-state index < -0.39 is 11.7 Å². The highest BCUT2D eigenvalue weighted by atomic mass is 35.5. The van der Waals surface area contributed by atoms with E-state index in [4.69, 9.17) is 26.3 Å². The molecule has 0 fully saturated rings. The first-order valence-electron chi connectivity index (χ1n) is 11.8. The average molecular weight is 531 g/mol. The van der Waals surface area contributed by atoms with Gasteiger partial charge >= 0.3 is 6.09 Å². The van der Waals surface area contributed by atoms with Crippen molar-refractivity contribution in [3.05, 3.63) is 77.2 Å². The maximum Gasteiger partial charge on any atom is 0.407 e. The van der Waals surface area contributed by atoms with Gasteiger partial charge in [-0.2, -0.15) is 5.26 Å². The SMILES string of the molecule is Cn1c(/C=C/CNC(=O)OC(C)(C)C)cc2ncnc(Nc3ccc(Oc4cccc(C#N)c4)c(Cl)c3)c21. The van der Waals surface area contributed by atoms with E-state index in [1.54, 1.807) is 36.4 Å². The summed E-state index contributed by atoms with van der Waals surface area (Å²) in [5.41, 5.74) is 3.11. The van der Waals surface area contributed by atoms with Crippen molar-refractivity contribution < 1.29 is 14.3 Å². The second kappa shape index (κ2) is 11.2. The van der Waals surface area contributed by atoms with Gasteiger partial charge in [0.15, 0.2) is 5.82 Å². The highest BCUT2D eigenvalue weighted by Crippen LogP contribution is 2.34. The third-order valence-electron chi connectivity index (χ3n) is 5.30. The Labute approximate surface area is 225 Å². The lowest BCUT2D eigenvalue weighted by atomic mass is 10.2. The summed E-state index contributed by atoms with van der Waals surface area (Å²) in [6.07, 6.45) is 4.75. The van der Waals surface area contributed by atoms with Crippen LogP contribution in [0.3, 0.4) is 0 Å². The molecule has 2 aromatic carbocycles. The summed E-state index contributed by atoms with van der Waals surface area (Å²) < 4.78 is 13.1. The van der Waals surface area contributed by atoms with Gasteiger partial charge in [-0.1, -0.05) is 23.7 Å². The Morgan fingerprint density at radius 3 is 2.74 bits per heavy atom. The minimum atomic E-state index is -0.548. The molecule has 0 aliphatic rings. The number of fused-ring (bicyclic) bond motifs is 1. The molecule has 2 aromatic heterocycles. The summed E-state index contributed by atoms with van der Waals surface area (Å²) in [5, 5.41) is 15.5. The van der Waals surface area contributed by atoms with Gasteiger partial charge in [-0.25, -0.2) is 14.8 Å². The van der Waals surface area contributed by atoms with E-state index in [-0.39, 0.29) is 0 Å². The Balaban J connectivity index is 1.48. The van der Waals surface area contributed by atoms with Gasteiger partial charge < -0.3 is 24.7 Å². The van der Waals surface area contributed by atoms with Crippen molar-refractivity contribution >= 4 is 46.3 Å². The fourth-order valence-electron chi connectivity index (χ4n) is 3.64. The third kappa shape index (κ3) is 6.60. The minimum Gasteiger partial charge on any atom is -0.456 e. The van der Waals surface area contributed by atoms with Gasteiger partial charge in [-0.05, 0) is 69.3 Å². The molecule has 1 amide bonds. The van der Waals surface area contributed by atoms with Gasteiger partial charge in [0, 0.05) is 25.0 Å². The molecule has 2 heterocycles. The second-order valence-electron chi connectivity index (χ2n) is 9.38. The summed E-state index contributed by atoms with van der Waals surface area (Å²) in [5.74, 6) is 1.59. The van der Waals surface area contributed by atoms with Crippen LogP contribution in [-0.4, -0.2) is 32.8 Å². The molecule has 0 radical (unpaired) electrons. The zero-order valence-electron chi connectivity index (χ0n) is 21.4. The third-order valence-corrected chi connectivity index (χ3v) is 5.59. The molecular weight excluding hydrogens is 504 g/mol. The molecule has 0 spiro atoms. The summed E-state index contributed by atoms with van der Waals surface area (Å²) in [7, 11) is 1.91. The number of hydrogen-bond acceptors (Lipinski definition) is 7. The molecule has 0 saturated heterocycles. The molecule has 9 nitrogen and oxygen atoms in total. The van der Waals surface area contributed by atoms with Gasteiger partial charge in [0.25, 0.3) is 0 Å². The first-order chi connectivity index (χ1) is 18.1. The number of benzene rings is 2. The predicted octanol–water partition coefficient (Wildman–Crippen LogP) is 6.57. The number of ether oxygens (including phenoxy) is 2. The number of carbonyl (C=O) groups is 1. The van der Waals surface area contributed by atoms with Gasteiger partial charge in [0.2, 0.25) is 0 Å². The number of rotatable bonds is 7. The van der Waals surface area contributed by atoms with Crippen molar-refractivity contribution in [1.29, 1.82) is 5.26 Å². The zero-order chi connectivity index (χ0) is 27.3. The number of nitrogens with one attached hydrogen (secondary N) is 2. The monoisotopic (exact) mass is 530 g/mol. The number of hydrogen-bond donors (Lipinski definition) is 2. The van der Waals surface area contributed by atoms with Crippen molar-refractivity contribution in [2.45, 2.75) is 26.4 Å². The number of carbonyl (C=O) groups excluding carboxylic acids is 1. The molecule has 10 heteroatoms. The van der Waals surface area contributed by atoms with E-state index in [1.165, 1.54) is 6.33 Å². The number of amides is 1. The number of halogens is 1. The summed E-state index contributed by atoms with van der Waals surface area (Å²) in [6.45, 7) is 5.77. The van der Waals surface area contributed by atoms with Crippen LogP contribution in [0.25, 0.3) is 17.1 Å². The maximum atomic E-state index is 11.8. The summed E-state index contributed by atoms with van der Waals surface area (Å²) in [6, 6.07) is 16.2. The van der Waals surface area contributed by atoms with Gasteiger partial charge in [-0.3, -0.25) is 0 Å². The smallest absolute Gasteiger partial charge is 0.407 e. The molecule has 0 saturated carbocycles. The van der Waals surface area contributed by atoms with Crippen molar-refractivity contribution in [3.8, 4) is 17.6 Å². The number of anilines is 2. The van der Waals surface area contributed by atoms with Crippen LogP contribution in [0.15, 0.2) is 60.9 Å². The lowest BCUT2D eigenvalue weighted by molar-refractivity contribution is 0.0534. The Hall–Kier alpha value is -4.55. The van der Waals surface area contributed by atoms with E-state index in [0.29, 0.717) is 40.1 Å². The zero-order valence-corrected chi connectivity index (χ0v) is 22.2. The molecule has 4 aromatic rings.